The Morgan fingerprint density at radius 2 is 1.71 bits per heavy atom. The molecule has 1 saturated carbocycles. The number of ketones is 1. The van der Waals surface area contributed by atoms with E-state index in [2.05, 4.69) is 31.1 Å². The molecule has 0 saturated heterocycles. The third kappa shape index (κ3) is 8.00. The van der Waals surface area contributed by atoms with Crippen LogP contribution in [-0.4, -0.2) is 57.1 Å². The van der Waals surface area contributed by atoms with Gasteiger partial charge in [0.15, 0.2) is 5.82 Å². The van der Waals surface area contributed by atoms with Gasteiger partial charge in [-0.1, -0.05) is 25.5 Å². The van der Waals surface area contributed by atoms with Gasteiger partial charge in [0, 0.05) is 12.5 Å². The number of amides is 2. The van der Waals surface area contributed by atoms with Gasteiger partial charge < -0.3 is 10.6 Å². The van der Waals surface area contributed by atoms with Crippen LogP contribution in [-0.2, 0) is 27.0 Å². The van der Waals surface area contributed by atoms with Crippen molar-refractivity contribution in [2.75, 3.05) is 0 Å². The van der Waals surface area contributed by atoms with E-state index in [1.807, 2.05) is 0 Å². The third-order valence-corrected chi connectivity index (χ3v) is 5.78. The molecule has 1 aliphatic rings. The van der Waals surface area contributed by atoms with Crippen molar-refractivity contribution >= 4 is 17.6 Å². The zero-order valence-electron chi connectivity index (χ0n) is 20.1. The topological polar surface area (TPSA) is 129 Å². The number of Topliss-reactive ketones (excluding diaryl/α,β-unsaturated/α-hetero) is 1. The van der Waals surface area contributed by atoms with Crippen LogP contribution < -0.4 is 16.0 Å². The first-order chi connectivity index (χ1) is 17.8. The Kier molecular flexibility index (Phi) is 9.12. The second-order valence-corrected chi connectivity index (χ2v) is 8.89. The quantitative estimate of drug-likeness (QED) is 0.239. The molecule has 1 aromatic heterocycles. The fraction of sp³-hybridized carbons (Fsp3) is 0.522. The van der Waals surface area contributed by atoms with Crippen LogP contribution in [0.3, 0.4) is 0 Å². The van der Waals surface area contributed by atoms with Crippen molar-refractivity contribution < 1.29 is 40.7 Å². The Morgan fingerprint density at radius 3 is 2.21 bits per heavy atom. The van der Waals surface area contributed by atoms with Crippen LogP contribution in [0.25, 0.3) is 0 Å². The maximum absolute atomic E-state index is 14.0. The minimum atomic E-state index is -5.01. The summed E-state index contributed by atoms with van der Waals surface area (Å²) in [4.78, 5) is 41.8. The Morgan fingerprint density at radius 1 is 1.05 bits per heavy atom. The Labute approximate surface area is 213 Å². The van der Waals surface area contributed by atoms with Gasteiger partial charge in [-0.05, 0) is 37.0 Å². The molecule has 0 spiro atoms. The Bertz CT molecular complexity index is 1100. The highest BCUT2D eigenvalue weighted by Crippen LogP contribution is 2.35. The van der Waals surface area contributed by atoms with Crippen molar-refractivity contribution in [1.29, 1.82) is 0 Å². The molecular weight excluding hydrogens is 522 g/mol. The fourth-order valence-electron chi connectivity index (χ4n) is 3.66. The maximum Gasteiger partial charge on any atom is 0.416 e. The number of aromatic nitrogens is 3. The molecule has 3 atom stereocenters. The van der Waals surface area contributed by atoms with E-state index in [4.69, 9.17) is 0 Å². The number of halogens is 6. The first-order valence-electron chi connectivity index (χ1n) is 11.8. The number of carbonyl (C=O) groups is 3. The van der Waals surface area contributed by atoms with E-state index in [1.54, 1.807) is 6.92 Å². The van der Waals surface area contributed by atoms with E-state index in [1.165, 1.54) is 0 Å². The lowest BCUT2D eigenvalue weighted by molar-refractivity contribution is -0.161. The first kappa shape index (κ1) is 29.1. The number of benzene rings is 1. The summed E-state index contributed by atoms with van der Waals surface area (Å²) in [7, 11) is 0. The van der Waals surface area contributed by atoms with Crippen LogP contribution in [0.15, 0.2) is 30.6 Å². The van der Waals surface area contributed by atoms with Gasteiger partial charge in [-0.2, -0.15) is 31.4 Å². The largest absolute Gasteiger partial charge is 0.416 e. The molecule has 2 amide bonds. The average Bonchev–Trinajstić information content (AvgIpc) is 3.50. The van der Waals surface area contributed by atoms with E-state index in [-0.39, 0.29) is 18.3 Å². The molecule has 1 aliphatic carbocycles. The summed E-state index contributed by atoms with van der Waals surface area (Å²) in [6.45, 7) is 1.69. The maximum atomic E-state index is 14.0. The lowest BCUT2D eigenvalue weighted by atomic mass is 10.0. The molecule has 2 aromatic rings. The minimum absolute atomic E-state index is 0.0316. The Balaban J connectivity index is 1.85. The third-order valence-electron chi connectivity index (χ3n) is 5.78. The van der Waals surface area contributed by atoms with Crippen molar-refractivity contribution in [2.45, 2.75) is 75.5 Å². The van der Waals surface area contributed by atoms with Crippen LogP contribution in [0.5, 0.6) is 0 Å². The fourth-order valence-corrected chi connectivity index (χ4v) is 3.66. The van der Waals surface area contributed by atoms with Crippen LogP contribution in [0.2, 0.25) is 0 Å². The van der Waals surface area contributed by atoms with Crippen molar-refractivity contribution in [3.8, 4) is 0 Å². The van der Waals surface area contributed by atoms with E-state index in [0.29, 0.717) is 30.7 Å². The number of rotatable bonds is 12. The molecule has 4 N–H and O–H groups in total. The number of aromatic amines is 1. The van der Waals surface area contributed by atoms with E-state index in [0.717, 1.165) is 19.2 Å². The van der Waals surface area contributed by atoms with Gasteiger partial charge in [-0.15, -0.1) is 0 Å². The highest BCUT2D eigenvalue weighted by molar-refractivity contribution is 6.38. The molecule has 9 nitrogen and oxygen atoms in total. The van der Waals surface area contributed by atoms with Gasteiger partial charge in [0.25, 0.3) is 5.91 Å². The summed E-state index contributed by atoms with van der Waals surface area (Å²) in [5.41, 5.74) is -1.70. The molecule has 0 bridgehead atoms. The summed E-state index contributed by atoms with van der Waals surface area (Å²) in [5.74, 6) is -2.90. The molecule has 0 aliphatic heterocycles. The zero-order valence-corrected chi connectivity index (χ0v) is 20.1. The molecule has 208 valence electrons. The van der Waals surface area contributed by atoms with Crippen LogP contribution in [0, 0.1) is 0 Å². The number of nitrogens with one attached hydrogen (secondary N) is 4. The smallest absolute Gasteiger partial charge is 0.347 e. The predicted molar refractivity (Wildman–Crippen MR) is 120 cm³/mol. The van der Waals surface area contributed by atoms with Crippen LogP contribution >= 0.6 is 0 Å². The molecule has 38 heavy (non-hydrogen) atoms. The number of alkyl halides is 6. The second-order valence-electron chi connectivity index (χ2n) is 8.89. The molecule has 15 heteroatoms. The van der Waals surface area contributed by atoms with E-state index >= 15 is 0 Å². The molecule has 1 fully saturated rings. The van der Waals surface area contributed by atoms with Crippen molar-refractivity contribution in [3.63, 3.8) is 0 Å². The van der Waals surface area contributed by atoms with Crippen molar-refractivity contribution in [3.05, 3.63) is 47.5 Å². The number of nitrogens with zero attached hydrogens (tertiary/aromatic N) is 2. The summed E-state index contributed by atoms with van der Waals surface area (Å²) in [6.07, 6.45) is -7.21. The van der Waals surface area contributed by atoms with Gasteiger partial charge in [0.1, 0.15) is 12.4 Å². The number of carbonyl (C=O) groups excluding carboxylic acids is 3. The summed E-state index contributed by atoms with van der Waals surface area (Å²) >= 11 is 0. The first-order valence-corrected chi connectivity index (χ1v) is 11.8. The number of H-pyrrole nitrogens is 1. The summed E-state index contributed by atoms with van der Waals surface area (Å²) < 4.78 is 80.8. The van der Waals surface area contributed by atoms with Gasteiger partial charge in [0.2, 0.25) is 11.7 Å². The van der Waals surface area contributed by atoms with E-state index < -0.39 is 65.6 Å². The highest BCUT2D eigenvalue weighted by atomic mass is 19.4. The SMILES string of the molecule is CCC[C@H](NC(=O)[C@H](Cc1nc[nH]n1)N[C@@H](c1ccc(C(F)(F)F)cc1)C(F)(F)F)C(=O)C(=O)NC1CC1. The Hall–Kier alpha value is -3.49. The molecule has 0 radical (unpaired) electrons. The van der Waals surface area contributed by atoms with Crippen molar-refractivity contribution in [2.24, 2.45) is 0 Å². The normalized spacial score (nSPS) is 16.4. The lowest BCUT2D eigenvalue weighted by Crippen LogP contribution is -2.55. The molecule has 3 rings (SSSR count). The monoisotopic (exact) mass is 548 g/mol. The number of hydrogen-bond donors (Lipinski definition) is 4. The van der Waals surface area contributed by atoms with Crippen LogP contribution in [0.1, 0.15) is 55.6 Å². The highest BCUT2D eigenvalue weighted by Gasteiger charge is 2.44. The number of hydrogen-bond acceptors (Lipinski definition) is 6. The zero-order chi connectivity index (χ0) is 28.1. The summed E-state index contributed by atoms with van der Waals surface area (Å²) in [5, 5.41) is 13.1. The molecule has 0 unspecified atom stereocenters. The predicted octanol–water partition coefficient (Wildman–Crippen LogP) is 2.76. The second kappa shape index (κ2) is 11.9. The standard InChI is InChI=1S/C23H26F6N6O3/c1-2-3-15(18(36)21(38)32-14-8-9-14)34-20(37)16(10-17-30-11-31-35-17)33-19(23(27,28)29)12-4-6-13(7-5-12)22(24,25)26/h4-7,11,14-16,19,33H,2-3,8-10H2,1H3,(H,32,38)(H,34,37)(H,30,31,35)/t15-,16-,19-/m0/s1. The summed E-state index contributed by atoms with van der Waals surface area (Å²) in [6, 6.07) is -3.28. The average molecular weight is 548 g/mol. The molecule has 1 heterocycles. The van der Waals surface area contributed by atoms with Gasteiger partial charge >= 0.3 is 12.4 Å². The van der Waals surface area contributed by atoms with Gasteiger partial charge in [-0.3, -0.25) is 24.8 Å². The van der Waals surface area contributed by atoms with Gasteiger partial charge in [0.05, 0.1) is 17.6 Å². The molecule has 1 aromatic carbocycles. The van der Waals surface area contributed by atoms with E-state index in [9.17, 15) is 40.7 Å². The minimum Gasteiger partial charge on any atom is -0.347 e. The van der Waals surface area contributed by atoms with Crippen LogP contribution in [0.4, 0.5) is 26.3 Å². The van der Waals surface area contributed by atoms with Crippen molar-refractivity contribution in [1.82, 2.24) is 31.1 Å². The molecular formula is C23H26F6N6O3. The van der Waals surface area contributed by atoms with Gasteiger partial charge in [-0.25, -0.2) is 4.98 Å². The lowest BCUT2D eigenvalue weighted by Gasteiger charge is -2.28.